The number of amides is 2. The van der Waals surface area contributed by atoms with Crippen LogP contribution >= 0.6 is 11.6 Å². The van der Waals surface area contributed by atoms with Gasteiger partial charge in [0.15, 0.2) is 0 Å². The molecule has 8 nitrogen and oxygen atoms in total. The first-order valence-electron chi connectivity index (χ1n) is 11.8. The number of fused-ring (bicyclic) bond motifs is 5. The number of alkyl halides is 1. The van der Waals surface area contributed by atoms with Crippen molar-refractivity contribution in [1.82, 2.24) is 10.3 Å². The Hall–Kier alpha value is -2.19. The predicted octanol–water partition coefficient (Wildman–Crippen LogP) is 4.13. The highest BCUT2D eigenvalue weighted by atomic mass is 35.5. The molecule has 33 heavy (non-hydrogen) atoms. The first-order chi connectivity index (χ1) is 15.8. The quantitative estimate of drug-likeness (QED) is 0.210. The Balaban J connectivity index is 1.41. The molecule has 0 aromatic heterocycles. The zero-order chi connectivity index (χ0) is 23.8. The van der Waals surface area contributed by atoms with Gasteiger partial charge >= 0.3 is 12.0 Å². The minimum atomic E-state index is -0.956. The fraction of sp³-hybridized carbons (Fsp3) is 0.667. The Morgan fingerprint density at radius 1 is 1.33 bits per heavy atom. The van der Waals surface area contributed by atoms with Crippen LogP contribution in [0.25, 0.3) is 0 Å². The van der Waals surface area contributed by atoms with Gasteiger partial charge in [0.05, 0.1) is 17.9 Å². The second kappa shape index (κ2) is 9.58. The van der Waals surface area contributed by atoms with E-state index in [2.05, 4.69) is 23.6 Å². The third-order valence-electron chi connectivity index (χ3n) is 8.19. The number of aliphatic hydroxyl groups is 1. The number of rotatable bonds is 6. The van der Waals surface area contributed by atoms with Gasteiger partial charge in [0.2, 0.25) is 0 Å². The van der Waals surface area contributed by atoms with Crippen LogP contribution in [0.3, 0.4) is 0 Å². The van der Waals surface area contributed by atoms with E-state index in [-0.39, 0.29) is 23.9 Å². The van der Waals surface area contributed by atoms with Crippen molar-refractivity contribution in [3.05, 3.63) is 34.2 Å². The largest absolute Gasteiger partial charge is 0.425 e. The molecule has 3 aliphatic rings. The normalized spacial score (nSPS) is 30.9. The highest BCUT2D eigenvalue weighted by Gasteiger charge is 2.54. The van der Waals surface area contributed by atoms with E-state index in [1.807, 2.05) is 12.1 Å². The van der Waals surface area contributed by atoms with Gasteiger partial charge in [0.1, 0.15) is 11.8 Å². The molecule has 2 amide bonds. The van der Waals surface area contributed by atoms with E-state index in [1.165, 1.54) is 18.1 Å². The molecule has 0 saturated heterocycles. The van der Waals surface area contributed by atoms with Gasteiger partial charge < -0.3 is 15.2 Å². The number of hydrogen-bond acceptors (Lipinski definition) is 6. The number of nitrogens with zero attached hydrogens (tertiary/aromatic N) is 2. The number of carbonyl (C=O) groups excluding carboxylic acids is 2. The maximum absolute atomic E-state index is 12.5. The van der Waals surface area contributed by atoms with Crippen molar-refractivity contribution in [3.8, 4) is 5.75 Å². The molecule has 1 aromatic rings. The van der Waals surface area contributed by atoms with Crippen LogP contribution in [0, 0.1) is 22.2 Å². The van der Waals surface area contributed by atoms with Gasteiger partial charge in [0, 0.05) is 5.88 Å². The number of benzene rings is 1. The lowest BCUT2D eigenvalue weighted by molar-refractivity contribution is -0.136. The molecule has 0 spiro atoms. The van der Waals surface area contributed by atoms with Crippen LogP contribution in [0.2, 0.25) is 0 Å². The van der Waals surface area contributed by atoms with Crippen LogP contribution in [-0.2, 0) is 11.2 Å². The van der Waals surface area contributed by atoms with Crippen molar-refractivity contribution in [2.45, 2.75) is 70.4 Å². The minimum Gasteiger partial charge on any atom is -0.425 e. The average Bonchev–Trinajstić information content (AvgIpc) is 3.11. The monoisotopic (exact) mass is 477 g/mol. The summed E-state index contributed by atoms with van der Waals surface area (Å²) in [7, 11) is 0. The van der Waals surface area contributed by atoms with Gasteiger partial charge in [0.25, 0.3) is 0 Å². The number of nitroso groups, excluding NO2 is 1. The number of carbonyl (C=O) groups is 2. The van der Waals surface area contributed by atoms with Crippen LogP contribution in [0.1, 0.15) is 63.0 Å². The molecule has 6 atom stereocenters. The van der Waals surface area contributed by atoms with Crippen molar-refractivity contribution in [3.63, 3.8) is 0 Å². The van der Waals surface area contributed by atoms with Crippen LogP contribution < -0.4 is 10.1 Å². The van der Waals surface area contributed by atoms with Crippen LogP contribution in [0.15, 0.2) is 23.5 Å². The lowest BCUT2D eigenvalue weighted by atomic mass is 9.55. The second-order valence-corrected chi connectivity index (χ2v) is 10.3. The third-order valence-corrected chi connectivity index (χ3v) is 8.36. The Morgan fingerprint density at radius 2 is 2.12 bits per heavy atom. The molecule has 3 aliphatic carbocycles. The molecule has 0 bridgehead atoms. The molecule has 2 fully saturated rings. The van der Waals surface area contributed by atoms with Gasteiger partial charge in [-0.25, -0.2) is 9.59 Å². The maximum atomic E-state index is 12.5. The highest BCUT2D eigenvalue weighted by Crippen LogP contribution is 2.60. The topological polar surface area (TPSA) is 108 Å². The molecule has 2 saturated carbocycles. The van der Waals surface area contributed by atoms with E-state index in [1.54, 1.807) is 0 Å². The molecule has 4 rings (SSSR count). The number of aliphatic hydroxyl groups excluding tert-OH is 1. The summed E-state index contributed by atoms with van der Waals surface area (Å²) in [6.07, 6.45) is 5.97. The summed E-state index contributed by atoms with van der Waals surface area (Å²) in [5, 5.41) is 16.2. The lowest BCUT2D eigenvalue weighted by Crippen LogP contribution is -2.46. The number of hydrogen-bond donors (Lipinski definition) is 2. The number of halogens is 1. The minimum absolute atomic E-state index is 0.0490. The fourth-order valence-corrected chi connectivity index (χ4v) is 6.54. The Morgan fingerprint density at radius 3 is 2.85 bits per heavy atom. The lowest BCUT2D eigenvalue weighted by Gasteiger charge is -2.50. The van der Waals surface area contributed by atoms with Crippen molar-refractivity contribution in [2.75, 3.05) is 12.4 Å². The Bertz CT molecular complexity index is 927. The average molecular weight is 478 g/mol. The molecule has 9 heteroatoms. The van der Waals surface area contributed by atoms with Crippen molar-refractivity contribution in [1.29, 1.82) is 0 Å². The highest BCUT2D eigenvalue weighted by molar-refractivity contribution is 6.18. The predicted molar refractivity (Wildman–Crippen MR) is 124 cm³/mol. The zero-order valence-corrected chi connectivity index (χ0v) is 19.9. The molecule has 0 aliphatic heterocycles. The summed E-state index contributed by atoms with van der Waals surface area (Å²) >= 11 is 5.54. The van der Waals surface area contributed by atoms with E-state index >= 15 is 0 Å². The molecule has 6 unspecified atom stereocenters. The van der Waals surface area contributed by atoms with E-state index < -0.39 is 18.0 Å². The van der Waals surface area contributed by atoms with Gasteiger partial charge in [-0.15, -0.1) is 16.5 Å². The number of urea groups is 1. The standard InChI is InChI=1S/C24H32ClN3O5/c1-14(26-23(31)28(27-32)12-11-25)22(30)33-16-4-6-17-15(13-16)3-5-19-18(17)9-10-24(2)20(19)7-8-21(24)29/h4,6,13-14,18-21,29H,3,5,7-12H2,1-2H3,(H,26,31). The third kappa shape index (κ3) is 4.47. The zero-order valence-electron chi connectivity index (χ0n) is 19.1. The summed E-state index contributed by atoms with van der Waals surface area (Å²) in [6.45, 7) is 3.70. The van der Waals surface area contributed by atoms with E-state index in [9.17, 15) is 19.6 Å². The Labute approximate surface area is 198 Å². The molecule has 180 valence electrons. The maximum Gasteiger partial charge on any atom is 0.341 e. The molecule has 2 N–H and O–H groups in total. The molecular formula is C24H32ClN3O5. The summed E-state index contributed by atoms with van der Waals surface area (Å²) in [5.41, 5.74) is 2.59. The number of nitrogens with one attached hydrogen (secondary N) is 1. The number of aryl methyl sites for hydroxylation is 1. The van der Waals surface area contributed by atoms with Gasteiger partial charge in [-0.3, -0.25) is 0 Å². The van der Waals surface area contributed by atoms with Crippen molar-refractivity contribution in [2.24, 2.45) is 22.5 Å². The number of esters is 1. The van der Waals surface area contributed by atoms with Crippen molar-refractivity contribution >= 4 is 23.6 Å². The molecule has 0 heterocycles. The summed E-state index contributed by atoms with van der Waals surface area (Å²) < 4.78 is 5.51. The molecule has 1 aromatic carbocycles. The first-order valence-corrected chi connectivity index (χ1v) is 12.3. The fourth-order valence-electron chi connectivity index (χ4n) is 6.38. The molecular weight excluding hydrogens is 446 g/mol. The Kier molecular flexibility index (Phi) is 6.96. The van der Waals surface area contributed by atoms with Gasteiger partial charge in [-0.2, -0.15) is 5.01 Å². The SMILES string of the molecule is CC(NC(=O)N(CCCl)N=O)C(=O)Oc1ccc2c(c1)CCC1C2CCC2(C)C(O)CCC12. The second-order valence-electron chi connectivity index (χ2n) is 9.90. The van der Waals surface area contributed by atoms with Gasteiger partial charge in [-0.05, 0) is 91.9 Å². The van der Waals surface area contributed by atoms with Crippen LogP contribution in [-0.4, -0.2) is 46.7 Å². The smallest absolute Gasteiger partial charge is 0.341 e. The molecule has 0 radical (unpaired) electrons. The summed E-state index contributed by atoms with van der Waals surface area (Å²) in [4.78, 5) is 35.2. The van der Waals surface area contributed by atoms with Gasteiger partial charge in [-0.1, -0.05) is 13.0 Å². The van der Waals surface area contributed by atoms with E-state index in [0.29, 0.717) is 28.5 Å². The van der Waals surface area contributed by atoms with E-state index in [0.717, 1.165) is 38.5 Å². The van der Waals surface area contributed by atoms with Crippen molar-refractivity contribution < 1.29 is 19.4 Å². The summed E-state index contributed by atoms with van der Waals surface area (Å²) in [6, 6.07) is 4.07. The summed E-state index contributed by atoms with van der Waals surface area (Å²) in [5.74, 6) is 1.53. The van der Waals surface area contributed by atoms with Crippen LogP contribution in [0.5, 0.6) is 5.75 Å². The van der Waals surface area contributed by atoms with Crippen LogP contribution in [0.4, 0.5) is 4.79 Å². The number of ether oxygens (including phenoxy) is 1. The van der Waals surface area contributed by atoms with E-state index in [4.69, 9.17) is 16.3 Å². The first kappa shape index (κ1) is 24.0.